The maximum atomic E-state index is 14.0. The topological polar surface area (TPSA) is 254 Å². The Bertz CT molecular complexity index is 2460. The van der Waals surface area contributed by atoms with E-state index >= 15 is 0 Å². The molecule has 3 aromatic rings. The summed E-state index contributed by atoms with van der Waals surface area (Å²) in [6, 6.07) is 8.84. The van der Waals surface area contributed by atoms with Crippen LogP contribution in [0.15, 0.2) is 54.6 Å². The van der Waals surface area contributed by atoms with Crippen molar-refractivity contribution in [2.75, 3.05) is 49.9 Å². The molecule has 9 amide bonds. The van der Waals surface area contributed by atoms with Crippen LogP contribution in [0.25, 0.3) is 11.6 Å². The molecule has 5 rings (SSSR count). The zero-order valence-electron chi connectivity index (χ0n) is 40.3. The van der Waals surface area contributed by atoms with Crippen molar-refractivity contribution in [2.24, 2.45) is 11.7 Å². The molecule has 18 nitrogen and oxygen atoms in total. The Kier molecular flexibility index (Phi) is 18.5. The molecule has 2 aliphatic rings. The maximum absolute atomic E-state index is 14.0. The third kappa shape index (κ3) is 14.2. The molecule has 0 saturated carbocycles. The monoisotopic (exact) mass is 954 g/mol. The van der Waals surface area contributed by atoms with Crippen LogP contribution in [0.4, 0.5) is 20.6 Å². The van der Waals surface area contributed by atoms with Gasteiger partial charge in [-0.2, -0.15) is 0 Å². The predicted octanol–water partition coefficient (Wildman–Crippen LogP) is 4.55. The molecular formula is C50H66FN10O8+. The number of nitrogens with zero attached hydrogens (tertiary/aromatic N) is 2. The average molecular weight is 954 g/mol. The maximum Gasteiger partial charge on any atom is 0.312 e. The number of amides is 9. The third-order valence-corrected chi connectivity index (χ3v) is 12.8. The Labute approximate surface area is 402 Å². The van der Waals surface area contributed by atoms with E-state index in [2.05, 4.69) is 50.7 Å². The average Bonchev–Trinajstić information content (AvgIpc) is 3.91. The highest BCUT2D eigenvalue weighted by Gasteiger charge is 2.31. The van der Waals surface area contributed by atoms with E-state index in [9.17, 15) is 42.7 Å². The van der Waals surface area contributed by atoms with E-state index in [0.29, 0.717) is 94.8 Å². The number of unbranched alkanes of at least 4 members (excludes halogenated alkanes) is 2. The van der Waals surface area contributed by atoms with Crippen LogP contribution in [0.5, 0.6) is 0 Å². The van der Waals surface area contributed by atoms with Gasteiger partial charge in [0.15, 0.2) is 0 Å². The van der Waals surface area contributed by atoms with Crippen LogP contribution in [0.3, 0.4) is 0 Å². The number of carbonyl (C=O) groups is 8. The smallest absolute Gasteiger partial charge is 0.312 e. The first-order chi connectivity index (χ1) is 32.8. The van der Waals surface area contributed by atoms with Gasteiger partial charge in [0.05, 0.1) is 37.3 Å². The number of H-pyrrole nitrogens is 1. The largest absolute Gasteiger partial charge is 0.358 e. The van der Waals surface area contributed by atoms with Gasteiger partial charge >= 0.3 is 6.03 Å². The Morgan fingerprint density at radius 3 is 2.20 bits per heavy atom. The molecule has 2 atom stereocenters. The fourth-order valence-electron chi connectivity index (χ4n) is 8.57. The van der Waals surface area contributed by atoms with Crippen molar-refractivity contribution in [1.82, 2.24) is 31.2 Å². The molecule has 0 saturated heterocycles. The summed E-state index contributed by atoms with van der Waals surface area (Å²) in [5, 5.41) is 16.8. The molecule has 370 valence electrons. The fraction of sp³-hybridized carbons (Fsp3) is 0.440. The molecule has 2 aliphatic heterocycles. The molecule has 2 aromatic carbocycles. The molecule has 0 fully saturated rings. The molecule has 3 heterocycles. The molecule has 19 heteroatoms. The first kappa shape index (κ1) is 52.8. The number of imide groups is 1. The molecule has 69 heavy (non-hydrogen) atoms. The number of benzene rings is 2. The highest BCUT2D eigenvalue weighted by Crippen LogP contribution is 2.34. The molecule has 0 bridgehead atoms. The Morgan fingerprint density at radius 2 is 1.55 bits per heavy atom. The van der Waals surface area contributed by atoms with E-state index in [1.165, 1.54) is 30.4 Å². The van der Waals surface area contributed by atoms with Gasteiger partial charge in [-0.15, -0.1) is 0 Å². The number of fused-ring (bicyclic) bond motifs is 1. The van der Waals surface area contributed by atoms with Gasteiger partial charge in [-0.3, -0.25) is 38.5 Å². The lowest BCUT2D eigenvalue weighted by Gasteiger charge is -2.37. The van der Waals surface area contributed by atoms with Crippen LogP contribution >= 0.6 is 0 Å². The van der Waals surface area contributed by atoms with Gasteiger partial charge in [-0.05, 0) is 101 Å². The summed E-state index contributed by atoms with van der Waals surface area (Å²) in [4.78, 5) is 106. The van der Waals surface area contributed by atoms with Crippen LogP contribution in [0, 0.1) is 25.6 Å². The fourth-order valence-corrected chi connectivity index (χ4v) is 8.57. The van der Waals surface area contributed by atoms with Gasteiger partial charge in [0, 0.05) is 65.6 Å². The number of primary amides is 1. The van der Waals surface area contributed by atoms with E-state index in [0.717, 1.165) is 23.6 Å². The second kappa shape index (κ2) is 24.2. The second-order valence-electron chi connectivity index (χ2n) is 17.9. The minimum atomic E-state index is -1.02. The summed E-state index contributed by atoms with van der Waals surface area (Å²) in [5.41, 5.74) is 10.4. The lowest BCUT2D eigenvalue weighted by atomic mass is 10.0. The number of carbonyl (C=O) groups excluding carboxylic acids is 8. The van der Waals surface area contributed by atoms with Crippen LogP contribution in [-0.4, -0.2) is 113 Å². The van der Waals surface area contributed by atoms with Crippen LogP contribution in [0.1, 0.15) is 105 Å². The van der Waals surface area contributed by atoms with Gasteiger partial charge in [-0.1, -0.05) is 32.4 Å². The number of anilines is 2. The summed E-state index contributed by atoms with van der Waals surface area (Å²) < 4.78 is 14.7. The number of urea groups is 1. The zero-order valence-corrected chi connectivity index (χ0v) is 40.3. The first-order valence-electron chi connectivity index (χ1n) is 23.6. The Hall–Kier alpha value is -7.15. The van der Waals surface area contributed by atoms with Crippen molar-refractivity contribution in [3.63, 3.8) is 0 Å². The number of nitrogens with two attached hydrogens (primary N) is 1. The highest BCUT2D eigenvalue weighted by atomic mass is 19.1. The summed E-state index contributed by atoms with van der Waals surface area (Å²) in [6.45, 7) is 15.0. The van der Waals surface area contributed by atoms with Crippen molar-refractivity contribution in [1.29, 1.82) is 0 Å². The van der Waals surface area contributed by atoms with E-state index in [1.807, 2.05) is 12.1 Å². The van der Waals surface area contributed by atoms with Gasteiger partial charge in [0.25, 0.3) is 23.6 Å². The zero-order chi connectivity index (χ0) is 50.4. The number of quaternary nitrogens is 1. The molecule has 9 N–H and O–H groups in total. The lowest BCUT2D eigenvalue weighted by Crippen LogP contribution is -2.54. The van der Waals surface area contributed by atoms with Crippen LogP contribution < -0.4 is 37.6 Å². The van der Waals surface area contributed by atoms with E-state index < -0.39 is 35.7 Å². The van der Waals surface area contributed by atoms with E-state index in [4.69, 9.17) is 5.73 Å². The summed E-state index contributed by atoms with van der Waals surface area (Å²) in [5.74, 6) is -3.46. The van der Waals surface area contributed by atoms with Crippen molar-refractivity contribution in [3.05, 3.63) is 94.1 Å². The third-order valence-electron chi connectivity index (χ3n) is 12.8. The van der Waals surface area contributed by atoms with Crippen molar-refractivity contribution >= 4 is 70.4 Å². The molecule has 0 radical (unpaired) electrons. The van der Waals surface area contributed by atoms with Gasteiger partial charge in [0.1, 0.15) is 24.4 Å². The normalized spacial score (nSPS) is 14.7. The van der Waals surface area contributed by atoms with E-state index in [1.54, 1.807) is 45.9 Å². The van der Waals surface area contributed by atoms with Crippen molar-refractivity contribution in [3.8, 4) is 0 Å². The number of halogens is 1. The number of hydrogen-bond donors (Lipinski definition) is 8. The Balaban J connectivity index is 1.15. The van der Waals surface area contributed by atoms with Gasteiger partial charge < -0.3 is 47.1 Å². The SMILES string of the molecule is CC[N+](CC)(CCNC(=O)c1c(C)[nH]c(/C=C2\C(=O)Nc3ccc(F)cc32)c1C)Cc1ccc(NC(=O)[C@H](CCCNC(N)=O)NC(=O)[C@@H](NC(=O)CCCCCN2C(=O)C=CC2=O)C(C)C)cc1. The lowest BCUT2D eigenvalue weighted by molar-refractivity contribution is -0.936. The van der Waals surface area contributed by atoms with Crippen molar-refractivity contribution in [2.45, 2.75) is 98.7 Å². The summed E-state index contributed by atoms with van der Waals surface area (Å²) in [6.07, 6.45) is 6.31. The van der Waals surface area contributed by atoms with E-state index in [-0.39, 0.29) is 61.4 Å². The number of aryl methyl sites for hydroxylation is 1. The van der Waals surface area contributed by atoms with Crippen LogP contribution in [-0.2, 0) is 35.3 Å². The van der Waals surface area contributed by atoms with Crippen molar-refractivity contribution < 1.29 is 47.2 Å². The number of likely N-dealkylation sites (N-methyl/N-ethyl adjacent to an activating group) is 1. The van der Waals surface area contributed by atoms with Gasteiger partial charge in [-0.25, -0.2) is 9.18 Å². The minimum Gasteiger partial charge on any atom is -0.358 e. The van der Waals surface area contributed by atoms with Crippen LogP contribution in [0.2, 0.25) is 0 Å². The molecule has 1 aromatic heterocycles. The number of rotatable bonds is 25. The Morgan fingerprint density at radius 1 is 0.855 bits per heavy atom. The summed E-state index contributed by atoms with van der Waals surface area (Å²) >= 11 is 0. The molecular weight excluding hydrogens is 888 g/mol. The summed E-state index contributed by atoms with van der Waals surface area (Å²) in [7, 11) is 0. The second-order valence-corrected chi connectivity index (χ2v) is 17.9. The first-order valence-corrected chi connectivity index (χ1v) is 23.6. The van der Waals surface area contributed by atoms with Gasteiger partial charge in [0.2, 0.25) is 17.7 Å². The highest BCUT2D eigenvalue weighted by molar-refractivity contribution is 6.35. The quantitative estimate of drug-likeness (QED) is 0.0258. The molecule has 0 aliphatic carbocycles. The number of hydrogen-bond acceptors (Lipinski definition) is 8. The molecule has 0 spiro atoms. The molecule has 0 unspecified atom stereocenters. The number of aromatic amines is 1. The predicted molar refractivity (Wildman–Crippen MR) is 260 cm³/mol. The number of aromatic nitrogens is 1. The minimum absolute atomic E-state index is 0.127. The standard InChI is InChI=1S/C50H65FN10O8/c1-7-61(8-2,26-24-53-48(67)44-31(5)40(55-32(44)6)28-37-36-27-34(51)17-20-38(36)57-46(37)65)29-33-15-18-35(19-16-33)56-47(66)39(13-12-23-54-50(52)69)58-49(68)45(30(3)4)59-41(62)14-10-9-11-25-60-42(63)21-22-43(60)64/h15-22,27-28,30,39,45H,7-14,23-26,29H2,1-6H3,(H8-,52,53,54,55,56,57,58,59,62,63,64,65,66,67,68,69)/p+1/t39-,45-/m0/s1. The number of nitrogens with one attached hydrogen (secondary N) is 7.